The highest BCUT2D eigenvalue weighted by atomic mass is 35.5. The van der Waals surface area contributed by atoms with Crippen molar-refractivity contribution in [3.8, 4) is 5.75 Å². The summed E-state index contributed by atoms with van der Waals surface area (Å²) >= 11 is 5.96. The minimum Gasteiger partial charge on any atom is -0.506 e. The number of aromatic hydroxyl groups is 1. The summed E-state index contributed by atoms with van der Waals surface area (Å²) in [5, 5.41) is 10.4. The van der Waals surface area contributed by atoms with Crippen molar-refractivity contribution >= 4 is 22.7 Å². The van der Waals surface area contributed by atoms with E-state index in [9.17, 15) is 5.11 Å². The van der Waals surface area contributed by atoms with Crippen LogP contribution in [-0.2, 0) is 0 Å². The van der Waals surface area contributed by atoms with Crippen LogP contribution < -0.4 is 0 Å². The molecule has 2 heteroatoms. The second kappa shape index (κ2) is 5.50. The third kappa shape index (κ3) is 2.82. The van der Waals surface area contributed by atoms with E-state index in [0.717, 1.165) is 22.3 Å². The third-order valence-electron chi connectivity index (χ3n) is 3.44. The Morgan fingerprint density at radius 2 is 1.58 bits per heavy atom. The minimum atomic E-state index is 0.146. The summed E-state index contributed by atoms with van der Waals surface area (Å²) < 4.78 is 0. The second-order valence-corrected chi connectivity index (χ2v) is 5.16. The van der Waals surface area contributed by atoms with E-state index in [1.54, 1.807) is 6.07 Å². The van der Waals surface area contributed by atoms with Crippen LogP contribution in [-0.4, -0.2) is 5.11 Å². The van der Waals surface area contributed by atoms with Gasteiger partial charge >= 0.3 is 0 Å². The third-order valence-corrected chi connectivity index (χ3v) is 3.74. The summed E-state index contributed by atoms with van der Waals surface area (Å²) in [6.07, 6.45) is 0. The van der Waals surface area contributed by atoms with Crippen LogP contribution in [0.25, 0.3) is 11.1 Å². The van der Waals surface area contributed by atoms with Crippen molar-refractivity contribution in [2.75, 3.05) is 0 Å². The van der Waals surface area contributed by atoms with Crippen molar-refractivity contribution in [1.82, 2.24) is 0 Å². The van der Waals surface area contributed by atoms with Crippen LogP contribution in [0.4, 0.5) is 0 Å². The monoisotopic (exact) mass is 272 g/mol. The van der Waals surface area contributed by atoms with Crippen LogP contribution in [0.2, 0.25) is 5.02 Å². The number of allylic oxidation sites excluding steroid dienone is 2. The molecule has 0 bridgehead atoms. The molecule has 0 amide bonds. The van der Waals surface area contributed by atoms with E-state index in [1.165, 1.54) is 5.56 Å². The highest BCUT2D eigenvalue weighted by Crippen LogP contribution is 2.35. The Morgan fingerprint density at radius 3 is 2.21 bits per heavy atom. The Bertz CT molecular complexity index is 624. The molecular formula is C17H17ClO. The Balaban J connectivity index is 2.51. The van der Waals surface area contributed by atoms with Crippen molar-refractivity contribution < 1.29 is 5.11 Å². The molecule has 0 spiro atoms. The summed E-state index contributed by atoms with van der Waals surface area (Å²) in [7, 11) is 0. The molecule has 2 rings (SSSR count). The van der Waals surface area contributed by atoms with Crippen LogP contribution in [0.15, 0.2) is 42.5 Å². The Morgan fingerprint density at radius 1 is 0.947 bits per heavy atom. The van der Waals surface area contributed by atoms with Crippen LogP contribution in [0, 0.1) is 6.92 Å². The quantitative estimate of drug-likeness (QED) is 0.735. The number of hydrogen-bond donors (Lipinski definition) is 1. The number of para-hydroxylation sites is 1. The van der Waals surface area contributed by atoms with E-state index >= 15 is 0 Å². The normalized spacial score (nSPS) is 12.2. The molecule has 0 aliphatic carbocycles. The number of hydrogen-bond acceptors (Lipinski definition) is 1. The smallest absolute Gasteiger partial charge is 0.141 e. The average Bonchev–Trinajstić information content (AvgIpc) is 2.41. The molecule has 0 saturated heterocycles. The molecular weight excluding hydrogens is 256 g/mol. The zero-order chi connectivity index (χ0) is 14.0. The lowest BCUT2D eigenvalue weighted by Gasteiger charge is -2.11. The lowest BCUT2D eigenvalue weighted by molar-refractivity contribution is 0.474. The van der Waals surface area contributed by atoms with Crippen LogP contribution in [0.3, 0.4) is 0 Å². The fraction of sp³-hybridized carbons (Fsp3) is 0.176. The zero-order valence-electron chi connectivity index (χ0n) is 11.4. The first kappa shape index (κ1) is 13.7. The van der Waals surface area contributed by atoms with Gasteiger partial charge in [-0.2, -0.15) is 0 Å². The predicted octanol–water partition coefficient (Wildman–Crippen LogP) is 5.30. The Hall–Kier alpha value is -1.73. The SMILES string of the molecule is C/C(=C(\C)c1cccc(Cl)c1O)c1ccc(C)cc1. The highest BCUT2D eigenvalue weighted by Gasteiger charge is 2.09. The standard InChI is InChI=1S/C17H17ClO/c1-11-7-9-14(10-8-11)12(2)13(3)15-5-4-6-16(18)17(15)19/h4-10,19H,1-3H3/b13-12-. The van der Waals surface area contributed by atoms with Gasteiger partial charge in [-0.25, -0.2) is 0 Å². The van der Waals surface area contributed by atoms with E-state index in [2.05, 4.69) is 38.1 Å². The molecule has 2 aromatic carbocycles. The lowest BCUT2D eigenvalue weighted by atomic mass is 9.96. The Kier molecular flexibility index (Phi) is 3.96. The van der Waals surface area contributed by atoms with Crippen LogP contribution in [0.5, 0.6) is 5.75 Å². The van der Waals surface area contributed by atoms with E-state index in [4.69, 9.17) is 11.6 Å². The Labute approximate surface area is 119 Å². The van der Waals surface area contributed by atoms with Gasteiger partial charge in [0.15, 0.2) is 0 Å². The van der Waals surface area contributed by atoms with E-state index < -0.39 is 0 Å². The van der Waals surface area contributed by atoms with Crippen molar-refractivity contribution in [1.29, 1.82) is 0 Å². The molecule has 1 N–H and O–H groups in total. The molecule has 0 aliphatic heterocycles. The summed E-state index contributed by atoms with van der Waals surface area (Å²) in [6.45, 7) is 6.12. The summed E-state index contributed by atoms with van der Waals surface area (Å²) in [6, 6.07) is 13.8. The maximum atomic E-state index is 10.0. The lowest BCUT2D eigenvalue weighted by Crippen LogP contribution is -1.88. The number of phenolic OH excluding ortho intramolecular Hbond substituents is 1. The van der Waals surface area contributed by atoms with Crippen molar-refractivity contribution in [2.45, 2.75) is 20.8 Å². The van der Waals surface area contributed by atoms with Gasteiger partial charge in [-0.1, -0.05) is 53.6 Å². The first-order valence-corrected chi connectivity index (χ1v) is 6.61. The average molecular weight is 273 g/mol. The first-order valence-electron chi connectivity index (χ1n) is 6.23. The topological polar surface area (TPSA) is 20.2 Å². The highest BCUT2D eigenvalue weighted by molar-refractivity contribution is 6.32. The molecule has 0 saturated carbocycles. The fourth-order valence-corrected chi connectivity index (χ4v) is 2.21. The zero-order valence-corrected chi connectivity index (χ0v) is 12.1. The molecule has 19 heavy (non-hydrogen) atoms. The summed E-state index contributed by atoms with van der Waals surface area (Å²) in [5.41, 5.74) is 5.34. The van der Waals surface area contributed by atoms with E-state index in [-0.39, 0.29) is 5.75 Å². The molecule has 2 aromatic rings. The van der Waals surface area contributed by atoms with Crippen molar-refractivity contribution in [3.63, 3.8) is 0 Å². The van der Waals surface area contributed by atoms with Crippen LogP contribution in [0.1, 0.15) is 30.5 Å². The van der Waals surface area contributed by atoms with Crippen molar-refractivity contribution in [3.05, 3.63) is 64.2 Å². The molecule has 98 valence electrons. The maximum absolute atomic E-state index is 10.0. The van der Waals surface area contributed by atoms with Gasteiger partial charge in [-0.15, -0.1) is 0 Å². The fourth-order valence-electron chi connectivity index (χ4n) is 2.04. The maximum Gasteiger partial charge on any atom is 0.141 e. The van der Waals surface area contributed by atoms with Crippen molar-refractivity contribution in [2.24, 2.45) is 0 Å². The molecule has 0 fully saturated rings. The first-order chi connectivity index (χ1) is 9.00. The van der Waals surface area contributed by atoms with Gasteiger partial charge in [-0.3, -0.25) is 0 Å². The summed E-state index contributed by atoms with van der Waals surface area (Å²) in [5.74, 6) is 0.146. The molecule has 0 radical (unpaired) electrons. The molecule has 0 aromatic heterocycles. The van der Waals surface area contributed by atoms with Gasteiger partial charge in [0.05, 0.1) is 5.02 Å². The van der Waals surface area contributed by atoms with Gasteiger partial charge in [0.2, 0.25) is 0 Å². The number of aryl methyl sites for hydroxylation is 1. The summed E-state index contributed by atoms with van der Waals surface area (Å²) in [4.78, 5) is 0. The minimum absolute atomic E-state index is 0.146. The number of benzene rings is 2. The van der Waals surface area contributed by atoms with E-state index in [1.807, 2.05) is 19.1 Å². The van der Waals surface area contributed by atoms with Gasteiger partial charge in [0.1, 0.15) is 5.75 Å². The number of phenols is 1. The van der Waals surface area contributed by atoms with E-state index in [0.29, 0.717) is 5.02 Å². The second-order valence-electron chi connectivity index (χ2n) is 4.75. The molecule has 1 nitrogen and oxygen atoms in total. The number of halogens is 1. The van der Waals surface area contributed by atoms with Gasteiger partial charge in [0, 0.05) is 5.56 Å². The number of rotatable bonds is 2. The molecule has 0 unspecified atom stereocenters. The predicted molar refractivity (Wildman–Crippen MR) is 82.5 cm³/mol. The molecule has 0 heterocycles. The largest absolute Gasteiger partial charge is 0.506 e. The van der Waals surface area contributed by atoms with Gasteiger partial charge in [0.25, 0.3) is 0 Å². The van der Waals surface area contributed by atoms with Crippen LogP contribution >= 0.6 is 11.6 Å². The van der Waals surface area contributed by atoms with Gasteiger partial charge < -0.3 is 5.11 Å². The molecule has 0 atom stereocenters. The molecule has 0 aliphatic rings. The van der Waals surface area contributed by atoms with Gasteiger partial charge in [-0.05, 0) is 43.5 Å².